The molecule has 0 atom stereocenters. The molecule has 0 fully saturated rings. The number of aromatic nitrogens is 5. The van der Waals surface area contributed by atoms with E-state index < -0.39 is 0 Å². The maximum Gasteiger partial charge on any atom is 0.187 e. The van der Waals surface area contributed by atoms with Gasteiger partial charge in [0.15, 0.2) is 23.2 Å². The summed E-state index contributed by atoms with van der Waals surface area (Å²) in [5, 5.41) is 24.6. The molecule has 0 saturated heterocycles. The molecule has 0 radical (unpaired) electrons. The molecule has 17 rings (SSSR count). The summed E-state index contributed by atoms with van der Waals surface area (Å²) in [6.45, 7) is 7.89. The van der Waals surface area contributed by atoms with Crippen molar-refractivity contribution in [1.29, 1.82) is 10.5 Å². The summed E-state index contributed by atoms with van der Waals surface area (Å²) >= 11 is 0. The molecule has 0 saturated carbocycles. The summed E-state index contributed by atoms with van der Waals surface area (Å²) in [7, 11) is 0. The van der Waals surface area contributed by atoms with Crippen molar-refractivity contribution in [3.8, 4) is 136 Å². The molecule has 17 aromatic rings. The third kappa shape index (κ3) is 10.5. The molecule has 0 aliphatic carbocycles. The minimum atomic E-state index is 0.453. The lowest BCUT2D eigenvalue weighted by atomic mass is 9.98. The van der Waals surface area contributed by atoms with Crippen molar-refractivity contribution in [3.05, 3.63) is 350 Å². The van der Waals surface area contributed by atoms with Crippen molar-refractivity contribution >= 4 is 49.3 Å². The average molecular weight is 1250 g/mol. The van der Waals surface area contributed by atoms with Crippen LogP contribution in [-0.2, 0) is 0 Å². The van der Waals surface area contributed by atoms with E-state index in [1.807, 2.05) is 121 Å². The van der Waals surface area contributed by atoms with Crippen molar-refractivity contribution in [1.82, 2.24) is 24.1 Å². The number of benzene rings is 14. The van der Waals surface area contributed by atoms with Crippen LogP contribution in [0.4, 0.5) is 5.69 Å². The van der Waals surface area contributed by atoms with Crippen LogP contribution in [0.15, 0.2) is 328 Å². The second-order valence-corrected chi connectivity index (χ2v) is 24.4. The van der Waals surface area contributed by atoms with Crippen LogP contribution in [0.5, 0.6) is 0 Å². The Labute approximate surface area is 566 Å². The average Bonchev–Trinajstić information content (AvgIpc) is 1.57. The Morgan fingerprint density at radius 1 is 0.265 bits per heavy atom. The predicted molar refractivity (Wildman–Crippen MR) is 399 cm³/mol. The summed E-state index contributed by atoms with van der Waals surface area (Å²) in [5.74, 6) is 1.37. The monoisotopic (exact) mass is 1250 g/mol. The lowest BCUT2D eigenvalue weighted by molar-refractivity contribution is 1.07. The zero-order chi connectivity index (χ0) is 65.6. The first-order valence-electron chi connectivity index (χ1n) is 32.4. The van der Waals surface area contributed by atoms with Gasteiger partial charge in [-0.2, -0.15) is 10.5 Å². The molecule has 0 spiro atoms. The van der Waals surface area contributed by atoms with Crippen LogP contribution in [0.2, 0.25) is 0 Å². The van der Waals surface area contributed by atoms with Crippen LogP contribution >= 0.6 is 0 Å². The van der Waals surface area contributed by atoms with E-state index >= 15 is 0 Å². The molecule has 14 aromatic carbocycles. The van der Waals surface area contributed by atoms with Crippen LogP contribution in [-0.4, -0.2) is 24.1 Å². The number of fused-ring (bicyclic) bond motifs is 6. The second-order valence-electron chi connectivity index (χ2n) is 24.4. The molecule has 0 bridgehead atoms. The molecule has 3 heterocycles. The summed E-state index contributed by atoms with van der Waals surface area (Å²) < 4.78 is 4.72. The maximum atomic E-state index is 10.2. The highest BCUT2D eigenvalue weighted by atomic mass is 15.0. The Hall–Kier alpha value is -13.8. The van der Waals surface area contributed by atoms with Gasteiger partial charge in [-0.25, -0.2) is 19.8 Å². The van der Waals surface area contributed by atoms with Gasteiger partial charge >= 0.3 is 0 Å². The van der Waals surface area contributed by atoms with Gasteiger partial charge in [0.25, 0.3) is 0 Å². The van der Waals surface area contributed by atoms with E-state index in [0.29, 0.717) is 34.3 Å². The summed E-state index contributed by atoms with van der Waals surface area (Å²) in [6.07, 6.45) is 0. The molecular weight excluding hydrogens is 1190 g/mol. The molecule has 454 valence electrons. The van der Waals surface area contributed by atoms with Gasteiger partial charge in [-0.3, -0.25) is 0 Å². The number of hydrogen-bond acceptors (Lipinski definition) is 5. The van der Waals surface area contributed by atoms with E-state index in [-0.39, 0.29) is 0 Å². The minimum absolute atomic E-state index is 0.453. The lowest BCUT2D eigenvalue weighted by Gasteiger charge is -2.18. The van der Waals surface area contributed by atoms with Crippen LogP contribution in [0, 0.1) is 29.2 Å². The van der Waals surface area contributed by atoms with Gasteiger partial charge in [0.2, 0.25) is 0 Å². The minimum Gasteiger partial charge on any atom is -0.309 e. The molecular formula is C90H54N8. The molecule has 8 heteroatoms. The molecule has 0 aliphatic heterocycles. The van der Waals surface area contributed by atoms with Gasteiger partial charge in [-0.1, -0.05) is 249 Å². The zero-order valence-electron chi connectivity index (χ0n) is 52.8. The SMILES string of the molecule is [C-]#[N+]c1ccc(-c2ccc(-c3nc(-c4ccc(-c5ccccc5C#N)cc4)nc(-c4ccc(-c5ccc(C#N)cc5)c(-n5c6ccc(-c7ccccc7)cc6c6cc(-c7ccccc7)ccc65)c4)n3)cc2-n2c3ccc(-c4ccccc4)cc3c3cc(-c4ccccc4)ccc32)cc1. The molecule has 0 aliphatic rings. The van der Waals surface area contributed by atoms with Crippen LogP contribution in [0.25, 0.3) is 172 Å². The fourth-order valence-corrected chi connectivity index (χ4v) is 13.8. The maximum absolute atomic E-state index is 10.2. The van der Waals surface area contributed by atoms with E-state index in [1.165, 1.54) is 0 Å². The largest absolute Gasteiger partial charge is 0.309 e. The fraction of sp³-hybridized carbons (Fsp3) is 0. The first-order chi connectivity index (χ1) is 48.4. The smallest absolute Gasteiger partial charge is 0.187 e. The van der Waals surface area contributed by atoms with Crippen LogP contribution < -0.4 is 0 Å². The summed E-state index contributed by atoms with van der Waals surface area (Å²) in [4.78, 5) is 20.2. The number of rotatable bonds is 12. The Morgan fingerprint density at radius 3 is 0.959 bits per heavy atom. The van der Waals surface area contributed by atoms with Gasteiger partial charge in [0.05, 0.1) is 63.3 Å². The van der Waals surface area contributed by atoms with Crippen molar-refractivity contribution in [2.45, 2.75) is 0 Å². The van der Waals surface area contributed by atoms with Gasteiger partial charge in [0.1, 0.15) is 0 Å². The van der Waals surface area contributed by atoms with Crippen LogP contribution in [0.1, 0.15) is 11.1 Å². The van der Waals surface area contributed by atoms with Gasteiger partial charge in [0, 0.05) is 49.4 Å². The Morgan fingerprint density at radius 2 is 0.582 bits per heavy atom. The standard InChI is InChI=1S/C90H54N8/c1-93-74-42-34-65(35-43-74)77-45-37-72(55-87(77)98-84-48-40-69(61-20-10-4-11-21-61)52-80(84)81-53-70(41-49-85(81)98)62-22-12-5-13-23-62)90-95-88(66-32-30-63(31-33-66)75-25-15-14-24-73(75)57-92)94-89(96-90)71-36-44-76(64-28-26-58(56-91)27-29-64)86(54-71)97-82-46-38-67(59-16-6-2-7-17-59)50-78(82)79-51-68(39-47-83(79)97)60-18-8-3-9-19-60/h2-55H. The Bertz CT molecular complexity index is 5580. The van der Waals surface area contributed by atoms with Crippen LogP contribution in [0.3, 0.4) is 0 Å². The highest BCUT2D eigenvalue weighted by Crippen LogP contribution is 2.44. The lowest BCUT2D eigenvalue weighted by Crippen LogP contribution is -2.03. The Balaban J connectivity index is 0.908. The third-order valence-electron chi connectivity index (χ3n) is 18.7. The highest BCUT2D eigenvalue weighted by Gasteiger charge is 2.24. The third-order valence-corrected chi connectivity index (χ3v) is 18.7. The molecule has 0 amide bonds. The first kappa shape index (κ1) is 58.0. The van der Waals surface area contributed by atoms with E-state index in [0.717, 1.165) is 150 Å². The predicted octanol–water partition coefficient (Wildman–Crippen LogP) is 23.0. The van der Waals surface area contributed by atoms with Crippen molar-refractivity contribution in [2.24, 2.45) is 0 Å². The second kappa shape index (κ2) is 24.6. The van der Waals surface area contributed by atoms with E-state index in [9.17, 15) is 10.5 Å². The molecule has 98 heavy (non-hydrogen) atoms. The van der Waals surface area contributed by atoms with E-state index in [2.05, 4.69) is 232 Å². The first-order valence-corrected chi connectivity index (χ1v) is 32.4. The molecule has 0 N–H and O–H groups in total. The van der Waals surface area contributed by atoms with Gasteiger partial charge in [-0.05, 0) is 146 Å². The van der Waals surface area contributed by atoms with Gasteiger partial charge in [-0.15, -0.1) is 0 Å². The summed E-state index contributed by atoms with van der Waals surface area (Å²) in [5.41, 5.74) is 24.3. The normalized spacial score (nSPS) is 11.2. The molecule has 0 unspecified atom stereocenters. The summed E-state index contributed by atoms with van der Waals surface area (Å²) in [6, 6.07) is 118. The van der Waals surface area contributed by atoms with Crippen molar-refractivity contribution < 1.29 is 0 Å². The zero-order valence-corrected chi connectivity index (χ0v) is 52.8. The topological polar surface area (TPSA) is 100 Å². The van der Waals surface area contributed by atoms with Crippen molar-refractivity contribution in [2.75, 3.05) is 0 Å². The van der Waals surface area contributed by atoms with Gasteiger partial charge < -0.3 is 9.13 Å². The van der Waals surface area contributed by atoms with E-state index in [4.69, 9.17) is 21.5 Å². The number of nitrogens with zero attached hydrogens (tertiary/aromatic N) is 8. The van der Waals surface area contributed by atoms with Crippen molar-refractivity contribution in [3.63, 3.8) is 0 Å². The number of hydrogen-bond donors (Lipinski definition) is 0. The highest BCUT2D eigenvalue weighted by molar-refractivity contribution is 6.14. The number of nitriles is 2. The van der Waals surface area contributed by atoms with E-state index in [1.54, 1.807) is 0 Å². The Kier molecular flexibility index (Phi) is 14.5. The fourth-order valence-electron chi connectivity index (χ4n) is 13.8. The molecule has 3 aromatic heterocycles. The molecule has 8 nitrogen and oxygen atoms in total. The quantitative estimate of drug-likeness (QED) is 0.113.